The minimum atomic E-state index is -0.487. The van der Waals surface area contributed by atoms with Crippen molar-refractivity contribution in [2.24, 2.45) is 11.8 Å². The Balaban J connectivity index is 1.46. The van der Waals surface area contributed by atoms with E-state index in [1.165, 1.54) is 0 Å². The molecule has 37 heavy (non-hydrogen) atoms. The maximum Gasteiger partial charge on any atom is 0.343 e. The van der Waals surface area contributed by atoms with Gasteiger partial charge in [-0.1, -0.05) is 6.92 Å². The lowest BCUT2D eigenvalue weighted by Gasteiger charge is -2.29. The number of amides is 1. The van der Waals surface area contributed by atoms with Gasteiger partial charge in [0.15, 0.2) is 11.4 Å². The fraction of sp³-hybridized carbons (Fsp3) is 0.379. The van der Waals surface area contributed by atoms with E-state index in [2.05, 4.69) is 11.9 Å². The molecule has 0 spiro atoms. The minimum Gasteiger partial charge on any atom is -0.462 e. The van der Waals surface area contributed by atoms with Gasteiger partial charge in [0.05, 0.1) is 12.3 Å². The molecule has 1 aliphatic rings. The molecule has 8 nitrogen and oxygen atoms in total. The zero-order valence-electron chi connectivity index (χ0n) is 21.5. The fourth-order valence-corrected chi connectivity index (χ4v) is 4.98. The van der Waals surface area contributed by atoms with Gasteiger partial charge < -0.3 is 9.15 Å². The van der Waals surface area contributed by atoms with Crippen LogP contribution in [0, 0.1) is 11.8 Å². The van der Waals surface area contributed by atoms with Gasteiger partial charge in [-0.05, 0) is 81.8 Å². The quantitative estimate of drug-likeness (QED) is 0.288. The summed E-state index contributed by atoms with van der Waals surface area (Å²) in [6, 6.07) is 13.3. The van der Waals surface area contributed by atoms with Crippen LogP contribution in [0.25, 0.3) is 28.1 Å². The maximum absolute atomic E-state index is 13.5. The Kier molecular flexibility index (Phi) is 7.08. The number of hydrogen-bond acceptors (Lipinski definition) is 6. The van der Waals surface area contributed by atoms with Crippen molar-refractivity contribution in [1.29, 1.82) is 0 Å². The molecule has 3 heterocycles. The van der Waals surface area contributed by atoms with Crippen LogP contribution in [0.2, 0.25) is 0 Å². The summed E-state index contributed by atoms with van der Waals surface area (Å²) >= 11 is 0. The SMILES string of the molecule is CCOC(=O)c1cn(-c2ccc(-c3cc4ncccc4o3)cc2)nc1N(CC)C(=O)C1CCC(C)CC1. The normalized spacial score (nSPS) is 17.6. The number of pyridine rings is 1. The molecule has 0 N–H and O–H groups in total. The van der Waals surface area contributed by atoms with Crippen molar-refractivity contribution >= 4 is 28.8 Å². The van der Waals surface area contributed by atoms with Gasteiger partial charge in [0.2, 0.25) is 5.91 Å². The van der Waals surface area contributed by atoms with Gasteiger partial charge in [0.1, 0.15) is 16.8 Å². The van der Waals surface area contributed by atoms with Crippen LogP contribution in [-0.2, 0) is 9.53 Å². The Morgan fingerprint density at radius 3 is 2.54 bits per heavy atom. The number of nitrogens with zero attached hydrogens (tertiary/aromatic N) is 4. The van der Waals surface area contributed by atoms with Crippen LogP contribution in [-0.4, -0.2) is 39.8 Å². The van der Waals surface area contributed by atoms with Crippen LogP contribution < -0.4 is 4.90 Å². The van der Waals surface area contributed by atoms with Gasteiger partial charge in [-0.15, -0.1) is 5.10 Å². The smallest absolute Gasteiger partial charge is 0.343 e. The second-order valence-corrected chi connectivity index (χ2v) is 9.62. The van der Waals surface area contributed by atoms with E-state index in [0.29, 0.717) is 18.3 Å². The minimum absolute atomic E-state index is 0.0269. The molecule has 0 unspecified atom stereocenters. The third-order valence-electron chi connectivity index (χ3n) is 7.10. The second kappa shape index (κ2) is 10.6. The van der Waals surface area contributed by atoms with Crippen molar-refractivity contribution in [2.45, 2.75) is 46.5 Å². The highest BCUT2D eigenvalue weighted by molar-refractivity contribution is 6.02. The number of fused-ring (bicyclic) bond motifs is 1. The van der Waals surface area contributed by atoms with Gasteiger partial charge in [-0.3, -0.25) is 14.7 Å². The Bertz CT molecular complexity index is 1360. The summed E-state index contributed by atoms with van der Waals surface area (Å²) in [7, 11) is 0. The van der Waals surface area contributed by atoms with Crippen LogP contribution in [0.1, 0.15) is 56.8 Å². The predicted octanol–water partition coefficient (Wildman–Crippen LogP) is 6.04. The lowest BCUT2D eigenvalue weighted by atomic mass is 9.82. The standard InChI is InChI=1S/C29H32N4O4/c1-4-32(28(34)21-10-8-19(3)9-11-21)27-23(29(35)36-5-2)18-33(31-27)22-14-12-20(13-15-22)26-17-24-25(37-26)7-6-16-30-24/h6-7,12-19,21H,4-5,8-11H2,1-3H3. The summed E-state index contributed by atoms with van der Waals surface area (Å²) in [6.45, 7) is 6.57. The Labute approximate surface area is 216 Å². The summed E-state index contributed by atoms with van der Waals surface area (Å²) in [6.07, 6.45) is 7.20. The third-order valence-corrected chi connectivity index (χ3v) is 7.10. The Morgan fingerprint density at radius 1 is 1.11 bits per heavy atom. The molecule has 1 fully saturated rings. The lowest BCUT2D eigenvalue weighted by molar-refractivity contribution is -0.123. The zero-order chi connectivity index (χ0) is 25.9. The van der Waals surface area contributed by atoms with Gasteiger partial charge in [-0.2, -0.15) is 0 Å². The highest BCUT2D eigenvalue weighted by atomic mass is 16.5. The number of hydrogen-bond donors (Lipinski definition) is 0. The summed E-state index contributed by atoms with van der Waals surface area (Å²) < 4.78 is 12.9. The first kappa shape index (κ1) is 24.7. The Hall–Kier alpha value is -3.94. The maximum atomic E-state index is 13.5. The van der Waals surface area contributed by atoms with Crippen molar-refractivity contribution in [3.63, 3.8) is 0 Å². The number of anilines is 1. The first-order valence-electron chi connectivity index (χ1n) is 13.0. The van der Waals surface area contributed by atoms with E-state index in [1.807, 2.05) is 49.4 Å². The van der Waals surface area contributed by atoms with Crippen molar-refractivity contribution in [2.75, 3.05) is 18.1 Å². The molecule has 192 valence electrons. The number of carbonyl (C=O) groups is 2. The molecule has 0 aliphatic heterocycles. The number of benzene rings is 1. The van der Waals surface area contributed by atoms with Gasteiger partial charge in [0.25, 0.3) is 0 Å². The molecular formula is C29H32N4O4. The van der Waals surface area contributed by atoms with Crippen LogP contribution >= 0.6 is 0 Å². The van der Waals surface area contributed by atoms with Crippen molar-refractivity contribution < 1.29 is 18.7 Å². The predicted molar refractivity (Wildman–Crippen MR) is 142 cm³/mol. The van der Waals surface area contributed by atoms with Gasteiger partial charge in [-0.25, -0.2) is 9.48 Å². The van der Waals surface area contributed by atoms with Gasteiger partial charge in [0, 0.05) is 36.5 Å². The largest absolute Gasteiger partial charge is 0.462 e. The molecule has 1 aromatic carbocycles. The second-order valence-electron chi connectivity index (χ2n) is 9.62. The van der Waals surface area contributed by atoms with Crippen molar-refractivity contribution in [3.8, 4) is 17.0 Å². The molecule has 1 amide bonds. The monoisotopic (exact) mass is 500 g/mol. The first-order chi connectivity index (χ1) is 18.0. The van der Waals surface area contributed by atoms with E-state index >= 15 is 0 Å². The van der Waals surface area contributed by atoms with E-state index < -0.39 is 5.97 Å². The molecule has 0 atom stereocenters. The highest BCUT2D eigenvalue weighted by Crippen LogP contribution is 2.32. The molecule has 0 radical (unpaired) electrons. The molecule has 0 saturated heterocycles. The fourth-order valence-electron chi connectivity index (χ4n) is 4.98. The number of aromatic nitrogens is 3. The van der Waals surface area contributed by atoms with Crippen molar-refractivity contribution in [3.05, 3.63) is 60.4 Å². The van der Waals surface area contributed by atoms with E-state index in [-0.39, 0.29) is 24.0 Å². The molecule has 5 rings (SSSR count). The number of furan rings is 1. The first-order valence-corrected chi connectivity index (χ1v) is 13.0. The van der Waals surface area contributed by atoms with E-state index in [1.54, 1.807) is 28.9 Å². The molecule has 3 aromatic heterocycles. The number of ether oxygens (including phenoxy) is 1. The zero-order valence-corrected chi connectivity index (χ0v) is 21.5. The molecule has 4 aromatic rings. The highest BCUT2D eigenvalue weighted by Gasteiger charge is 2.32. The summed E-state index contributed by atoms with van der Waals surface area (Å²) in [5, 5.41) is 4.71. The molecule has 8 heteroatoms. The summed E-state index contributed by atoms with van der Waals surface area (Å²) in [5.41, 5.74) is 3.47. The molecule has 1 aliphatic carbocycles. The van der Waals surface area contributed by atoms with E-state index in [9.17, 15) is 9.59 Å². The van der Waals surface area contributed by atoms with Crippen LogP contribution in [0.15, 0.2) is 59.3 Å². The number of rotatable bonds is 7. The van der Waals surface area contributed by atoms with Crippen LogP contribution in [0.3, 0.4) is 0 Å². The summed E-state index contributed by atoms with van der Waals surface area (Å²) in [4.78, 5) is 32.3. The molecule has 1 saturated carbocycles. The molecular weight excluding hydrogens is 468 g/mol. The van der Waals surface area contributed by atoms with Crippen LogP contribution in [0.4, 0.5) is 5.82 Å². The topological polar surface area (TPSA) is 90.5 Å². The third kappa shape index (κ3) is 5.01. The average Bonchev–Trinajstić information content (AvgIpc) is 3.55. The van der Waals surface area contributed by atoms with E-state index in [4.69, 9.17) is 14.3 Å². The van der Waals surface area contributed by atoms with Crippen molar-refractivity contribution in [1.82, 2.24) is 14.8 Å². The lowest BCUT2D eigenvalue weighted by Crippen LogP contribution is -2.38. The number of carbonyl (C=O) groups excluding carboxylic acids is 2. The van der Waals surface area contributed by atoms with Crippen LogP contribution in [0.5, 0.6) is 0 Å². The Morgan fingerprint density at radius 2 is 1.86 bits per heavy atom. The van der Waals surface area contributed by atoms with Gasteiger partial charge >= 0.3 is 5.97 Å². The molecule has 0 bridgehead atoms. The van der Waals surface area contributed by atoms with E-state index in [0.717, 1.165) is 53.8 Å². The average molecular weight is 501 g/mol. The summed E-state index contributed by atoms with van der Waals surface area (Å²) in [5.74, 6) is 1.20. The number of esters is 1.